The molecular formula is C25H33N2+. The first-order chi connectivity index (χ1) is 13.1. The number of benzene rings is 2. The fourth-order valence-corrected chi connectivity index (χ4v) is 4.01. The fraction of sp³-hybridized carbons (Fsp3) is 0.400. The molecule has 2 nitrogen and oxygen atoms in total. The molecular weight excluding hydrogens is 328 g/mol. The predicted molar refractivity (Wildman–Crippen MR) is 113 cm³/mol. The standard InChI is InChI=1S/C25H33N2/c1-5-16-26-19-24(17-21(4)23-14-10-7-11-15-23)27(20(2)3)25(26)18-22-12-8-6-9-13-22/h6-15,19-21H,5,16-18H2,1-4H3/q+1. The number of rotatable bonds is 8. The van der Waals surface area contributed by atoms with Crippen molar-refractivity contribution in [3.63, 3.8) is 0 Å². The lowest BCUT2D eigenvalue weighted by molar-refractivity contribution is -0.703. The summed E-state index contributed by atoms with van der Waals surface area (Å²) in [5.74, 6) is 1.94. The zero-order chi connectivity index (χ0) is 19.2. The van der Waals surface area contributed by atoms with Gasteiger partial charge in [0.1, 0.15) is 11.9 Å². The van der Waals surface area contributed by atoms with E-state index in [9.17, 15) is 0 Å². The summed E-state index contributed by atoms with van der Waals surface area (Å²) in [6.45, 7) is 10.3. The van der Waals surface area contributed by atoms with Gasteiger partial charge in [-0.3, -0.25) is 0 Å². The Morgan fingerprint density at radius 3 is 2.11 bits per heavy atom. The highest BCUT2D eigenvalue weighted by Gasteiger charge is 2.26. The van der Waals surface area contributed by atoms with Gasteiger partial charge >= 0.3 is 0 Å². The maximum atomic E-state index is 2.57. The first kappa shape index (κ1) is 19.4. The normalized spacial score (nSPS) is 12.5. The van der Waals surface area contributed by atoms with Crippen LogP contribution in [-0.4, -0.2) is 4.57 Å². The summed E-state index contributed by atoms with van der Waals surface area (Å²) >= 11 is 0. The Bertz CT molecular complexity index is 832. The van der Waals surface area contributed by atoms with E-state index >= 15 is 0 Å². The first-order valence-electron chi connectivity index (χ1n) is 10.3. The summed E-state index contributed by atoms with van der Waals surface area (Å²) in [5.41, 5.74) is 4.24. The lowest BCUT2D eigenvalue weighted by Gasteiger charge is -2.13. The van der Waals surface area contributed by atoms with Crippen LogP contribution >= 0.6 is 0 Å². The summed E-state index contributed by atoms with van der Waals surface area (Å²) in [6, 6.07) is 22.2. The van der Waals surface area contributed by atoms with E-state index in [0.717, 1.165) is 25.8 Å². The summed E-state index contributed by atoms with van der Waals surface area (Å²) in [5, 5.41) is 0. The molecule has 1 heterocycles. The van der Waals surface area contributed by atoms with Crippen LogP contribution in [0.4, 0.5) is 0 Å². The van der Waals surface area contributed by atoms with Crippen LogP contribution in [0.2, 0.25) is 0 Å². The van der Waals surface area contributed by atoms with Crippen molar-refractivity contribution in [2.75, 3.05) is 0 Å². The smallest absolute Gasteiger partial charge is 0.234 e. The van der Waals surface area contributed by atoms with Crippen LogP contribution < -0.4 is 4.57 Å². The minimum atomic E-state index is 0.458. The largest absolute Gasteiger partial charge is 0.261 e. The minimum absolute atomic E-state index is 0.458. The van der Waals surface area contributed by atoms with Crippen molar-refractivity contribution in [1.29, 1.82) is 0 Å². The van der Waals surface area contributed by atoms with E-state index in [4.69, 9.17) is 0 Å². The van der Waals surface area contributed by atoms with E-state index in [1.54, 1.807) is 0 Å². The van der Waals surface area contributed by atoms with Gasteiger partial charge in [0.05, 0.1) is 19.0 Å². The van der Waals surface area contributed by atoms with Gasteiger partial charge in [-0.25, -0.2) is 9.13 Å². The second-order valence-electron chi connectivity index (χ2n) is 7.87. The van der Waals surface area contributed by atoms with Gasteiger partial charge in [0.25, 0.3) is 5.82 Å². The van der Waals surface area contributed by atoms with Gasteiger partial charge in [0, 0.05) is 6.42 Å². The summed E-state index contributed by atoms with van der Waals surface area (Å²) in [7, 11) is 0. The maximum Gasteiger partial charge on any atom is 0.261 e. The van der Waals surface area contributed by atoms with Crippen molar-refractivity contribution >= 4 is 0 Å². The van der Waals surface area contributed by atoms with E-state index in [1.165, 1.54) is 22.6 Å². The van der Waals surface area contributed by atoms with E-state index < -0.39 is 0 Å². The van der Waals surface area contributed by atoms with Crippen LogP contribution in [0.1, 0.15) is 68.7 Å². The fourth-order valence-electron chi connectivity index (χ4n) is 4.01. The van der Waals surface area contributed by atoms with Gasteiger partial charge in [-0.05, 0) is 37.3 Å². The van der Waals surface area contributed by atoms with Crippen LogP contribution in [0.3, 0.4) is 0 Å². The molecule has 0 aliphatic heterocycles. The van der Waals surface area contributed by atoms with E-state index in [1.807, 2.05) is 0 Å². The number of hydrogen-bond acceptors (Lipinski definition) is 0. The monoisotopic (exact) mass is 361 g/mol. The molecule has 0 saturated carbocycles. The predicted octanol–water partition coefficient (Wildman–Crippen LogP) is 5.70. The third-order valence-electron chi connectivity index (χ3n) is 5.29. The van der Waals surface area contributed by atoms with Crippen LogP contribution in [-0.2, 0) is 19.4 Å². The highest BCUT2D eigenvalue weighted by atomic mass is 15.2. The molecule has 0 aliphatic rings. The Balaban J connectivity index is 1.97. The van der Waals surface area contributed by atoms with Crippen LogP contribution in [0.15, 0.2) is 66.9 Å². The number of hydrogen-bond donors (Lipinski definition) is 0. The second kappa shape index (κ2) is 9.03. The van der Waals surface area contributed by atoms with Gasteiger partial charge in [0.2, 0.25) is 0 Å². The number of nitrogens with zero attached hydrogens (tertiary/aromatic N) is 2. The van der Waals surface area contributed by atoms with Gasteiger partial charge in [-0.2, -0.15) is 0 Å². The number of aryl methyl sites for hydroxylation is 1. The average Bonchev–Trinajstić information content (AvgIpc) is 3.00. The van der Waals surface area contributed by atoms with Crippen molar-refractivity contribution in [2.45, 2.75) is 65.5 Å². The van der Waals surface area contributed by atoms with Crippen molar-refractivity contribution < 1.29 is 4.57 Å². The zero-order valence-corrected chi connectivity index (χ0v) is 17.2. The zero-order valence-electron chi connectivity index (χ0n) is 17.2. The van der Waals surface area contributed by atoms with Gasteiger partial charge in [-0.1, -0.05) is 74.5 Å². The molecule has 0 N–H and O–H groups in total. The van der Waals surface area contributed by atoms with Gasteiger partial charge in [-0.15, -0.1) is 0 Å². The highest BCUT2D eigenvalue weighted by molar-refractivity contribution is 5.22. The molecule has 3 aromatic rings. The Labute approximate surface area is 164 Å². The van der Waals surface area contributed by atoms with Crippen molar-refractivity contribution in [3.05, 3.63) is 89.5 Å². The second-order valence-corrected chi connectivity index (χ2v) is 7.87. The van der Waals surface area contributed by atoms with Crippen LogP contribution in [0.5, 0.6) is 0 Å². The summed E-state index contributed by atoms with van der Waals surface area (Å²) in [4.78, 5) is 0. The molecule has 0 amide bonds. The van der Waals surface area contributed by atoms with Crippen LogP contribution in [0, 0.1) is 0 Å². The Hall–Kier alpha value is -2.35. The summed E-state index contributed by atoms with van der Waals surface area (Å²) in [6.07, 6.45) is 5.61. The van der Waals surface area contributed by atoms with E-state index in [0.29, 0.717) is 12.0 Å². The molecule has 0 radical (unpaired) electrons. The molecule has 1 unspecified atom stereocenters. The molecule has 27 heavy (non-hydrogen) atoms. The third kappa shape index (κ3) is 4.68. The highest BCUT2D eigenvalue weighted by Crippen LogP contribution is 2.24. The molecule has 0 spiro atoms. The molecule has 0 saturated heterocycles. The molecule has 0 fully saturated rings. The number of aromatic nitrogens is 2. The SMILES string of the molecule is CCC[n+]1cc(CC(C)c2ccccc2)n(C(C)C)c1Cc1ccccc1. The van der Waals surface area contributed by atoms with Crippen LogP contribution in [0.25, 0.3) is 0 Å². The molecule has 2 heteroatoms. The van der Waals surface area contributed by atoms with Gasteiger partial charge < -0.3 is 0 Å². The maximum absolute atomic E-state index is 2.57. The molecule has 1 aromatic heterocycles. The van der Waals surface area contributed by atoms with E-state index in [-0.39, 0.29) is 0 Å². The lowest BCUT2D eigenvalue weighted by Crippen LogP contribution is -2.37. The molecule has 1 atom stereocenters. The molecule has 0 bridgehead atoms. The quantitative estimate of drug-likeness (QED) is 0.455. The van der Waals surface area contributed by atoms with Crippen molar-refractivity contribution in [3.8, 4) is 0 Å². The molecule has 2 aromatic carbocycles. The third-order valence-corrected chi connectivity index (χ3v) is 5.29. The Kier molecular flexibility index (Phi) is 6.49. The van der Waals surface area contributed by atoms with Crippen molar-refractivity contribution in [1.82, 2.24) is 4.57 Å². The number of imidazole rings is 1. The first-order valence-corrected chi connectivity index (χ1v) is 10.3. The average molecular weight is 362 g/mol. The molecule has 142 valence electrons. The van der Waals surface area contributed by atoms with Gasteiger partial charge in [0.15, 0.2) is 0 Å². The lowest BCUT2D eigenvalue weighted by atomic mass is 9.96. The Morgan fingerprint density at radius 1 is 0.889 bits per heavy atom. The summed E-state index contributed by atoms with van der Waals surface area (Å²) < 4.78 is 5.06. The van der Waals surface area contributed by atoms with E-state index in [2.05, 4.69) is 104 Å². The molecule has 0 aliphatic carbocycles. The topological polar surface area (TPSA) is 8.81 Å². The van der Waals surface area contributed by atoms with Crippen molar-refractivity contribution in [2.24, 2.45) is 0 Å². The Morgan fingerprint density at radius 2 is 1.52 bits per heavy atom. The molecule has 3 rings (SSSR count). The minimum Gasteiger partial charge on any atom is -0.234 e.